The number of ether oxygens (including phenoxy) is 1. The molecule has 1 fully saturated rings. The van der Waals surface area contributed by atoms with Crippen LogP contribution in [-0.4, -0.2) is 24.5 Å². The van der Waals surface area contributed by atoms with E-state index in [1.165, 1.54) is 6.42 Å². The van der Waals surface area contributed by atoms with Gasteiger partial charge in [0, 0.05) is 24.6 Å². The predicted molar refractivity (Wildman–Crippen MR) is 105 cm³/mol. The summed E-state index contributed by atoms with van der Waals surface area (Å²) >= 11 is 0. The average Bonchev–Trinajstić information content (AvgIpc) is 2.55. The van der Waals surface area contributed by atoms with Crippen molar-refractivity contribution in [3.8, 4) is 11.5 Å². The van der Waals surface area contributed by atoms with Crippen LogP contribution in [0.1, 0.15) is 25.8 Å². The minimum atomic E-state index is 0. The van der Waals surface area contributed by atoms with Gasteiger partial charge in [0.1, 0.15) is 11.5 Å². The van der Waals surface area contributed by atoms with Crippen LogP contribution in [0.15, 0.2) is 54.6 Å². The molecule has 134 valence electrons. The molecule has 0 aliphatic carbocycles. The second kappa shape index (κ2) is 10.4. The van der Waals surface area contributed by atoms with E-state index in [0.29, 0.717) is 11.4 Å². The standard InChI is InChI=1S/C17H17N3O.C3H8.H3N/c18-16(17(19)13-10-20-11-13)12-6-8-15(9-7-12)21-14-4-2-1-3-5-14;1-3-2;/h1-9,13,18-20H,10-11H2;3H2,1-2H3;1H3. The first-order valence-electron chi connectivity index (χ1n) is 8.37. The lowest BCUT2D eigenvalue weighted by molar-refractivity contribution is 0.445. The lowest BCUT2D eigenvalue weighted by Gasteiger charge is -2.27. The van der Waals surface area contributed by atoms with Crippen molar-refractivity contribution in [3.05, 3.63) is 60.2 Å². The van der Waals surface area contributed by atoms with Crippen LogP contribution in [0, 0.1) is 16.7 Å². The van der Waals surface area contributed by atoms with Gasteiger partial charge in [-0.3, -0.25) is 5.41 Å². The molecule has 0 aromatic heterocycles. The quantitative estimate of drug-likeness (QED) is 0.595. The molecule has 1 aliphatic heterocycles. The molecule has 0 saturated carbocycles. The van der Waals surface area contributed by atoms with E-state index in [0.717, 1.165) is 30.2 Å². The van der Waals surface area contributed by atoms with Gasteiger partial charge in [-0.05, 0) is 36.4 Å². The third kappa shape index (κ3) is 5.81. The van der Waals surface area contributed by atoms with E-state index in [-0.39, 0.29) is 12.1 Å². The number of hydrogen-bond acceptors (Lipinski definition) is 5. The Morgan fingerprint density at radius 1 is 0.960 bits per heavy atom. The van der Waals surface area contributed by atoms with Gasteiger partial charge in [-0.2, -0.15) is 0 Å². The van der Waals surface area contributed by atoms with Crippen molar-refractivity contribution >= 4 is 11.4 Å². The predicted octanol–water partition coefficient (Wildman–Crippen LogP) is 4.66. The highest BCUT2D eigenvalue weighted by atomic mass is 16.5. The van der Waals surface area contributed by atoms with E-state index in [1.54, 1.807) is 0 Å². The maximum atomic E-state index is 8.10. The average molecular weight is 340 g/mol. The molecule has 0 unspecified atom stereocenters. The van der Waals surface area contributed by atoms with Crippen LogP contribution in [0.2, 0.25) is 0 Å². The van der Waals surface area contributed by atoms with Crippen LogP contribution in [0.25, 0.3) is 0 Å². The molecule has 5 heteroatoms. The van der Waals surface area contributed by atoms with Crippen LogP contribution >= 0.6 is 0 Å². The summed E-state index contributed by atoms with van der Waals surface area (Å²) in [5.74, 6) is 1.70. The zero-order chi connectivity index (χ0) is 17.4. The van der Waals surface area contributed by atoms with Crippen molar-refractivity contribution in [1.82, 2.24) is 11.5 Å². The van der Waals surface area contributed by atoms with Crippen molar-refractivity contribution < 1.29 is 4.74 Å². The normalized spacial score (nSPS) is 12.7. The lowest BCUT2D eigenvalue weighted by atomic mass is 9.91. The second-order valence-corrected chi connectivity index (χ2v) is 5.79. The molecule has 25 heavy (non-hydrogen) atoms. The SMILES string of the molecule is CCC.N.N=C(C(=N)C1CNC1)c1ccc(Oc2ccccc2)cc1. The molecule has 1 heterocycles. The molecular weight excluding hydrogens is 312 g/mol. The van der Waals surface area contributed by atoms with Crippen molar-refractivity contribution in [2.24, 2.45) is 5.92 Å². The number of hydrogen-bond donors (Lipinski definition) is 4. The minimum absolute atomic E-state index is 0. The summed E-state index contributed by atoms with van der Waals surface area (Å²) in [5, 5.41) is 19.3. The number of nitrogens with one attached hydrogen (secondary N) is 3. The molecule has 0 bridgehead atoms. The molecule has 0 radical (unpaired) electrons. The van der Waals surface area contributed by atoms with Gasteiger partial charge in [0.05, 0.1) is 11.4 Å². The first-order valence-corrected chi connectivity index (χ1v) is 8.37. The monoisotopic (exact) mass is 340 g/mol. The molecule has 1 saturated heterocycles. The zero-order valence-corrected chi connectivity index (χ0v) is 15.0. The van der Waals surface area contributed by atoms with E-state index in [1.807, 2.05) is 54.6 Å². The Balaban J connectivity index is 0.000000730. The Bertz CT molecular complexity index is 664. The summed E-state index contributed by atoms with van der Waals surface area (Å²) in [4.78, 5) is 0. The van der Waals surface area contributed by atoms with Crippen LogP contribution in [0.4, 0.5) is 0 Å². The topological polar surface area (TPSA) is 104 Å². The number of benzene rings is 2. The van der Waals surface area contributed by atoms with Crippen molar-refractivity contribution in [2.75, 3.05) is 13.1 Å². The van der Waals surface area contributed by atoms with Gasteiger partial charge >= 0.3 is 0 Å². The molecule has 0 atom stereocenters. The number of para-hydroxylation sites is 1. The van der Waals surface area contributed by atoms with E-state index in [2.05, 4.69) is 19.2 Å². The summed E-state index contributed by atoms with van der Waals surface area (Å²) in [7, 11) is 0. The Morgan fingerprint density at radius 2 is 1.48 bits per heavy atom. The van der Waals surface area contributed by atoms with Crippen molar-refractivity contribution in [1.29, 1.82) is 10.8 Å². The Kier molecular flexibility index (Phi) is 8.53. The fourth-order valence-corrected chi connectivity index (χ4v) is 2.17. The maximum Gasteiger partial charge on any atom is 0.127 e. The van der Waals surface area contributed by atoms with Crippen molar-refractivity contribution in [3.63, 3.8) is 0 Å². The Hall–Kier alpha value is -2.50. The van der Waals surface area contributed by atoms with E-state index in [9.17, 15) is 0 Å². The van der Waals surface area contributed by atoms with Gasteiger partial charge < -0.3 is 21.6 Å². The number of rotatable bonds is 5. The third-order valence-corrected chi connectivity index (χ3v) is 3.58. The Morgan fingerprint density at radius 3 is 1.96 bits per heavy atom. The smallest absolute Gasteiger partial charge is 0.127 e. The van der Waals surface area contributed by atoms with E-state index >= 15 is 0 Å². The fraction of sp³-hybridized carbons (Fsp3) is 0.300. The largest absolute Gasteiger partial charge is 0.457 e. The van der Waals surface area contributed by atoms with Gasteiger partial charge in [0.25, 0.3) is 0 Å². The second-order valence-electron chi connectivity index (χ2n) is 5.79. The fourth-order valence-electron chi connectivity index (χ4n) is 2.17. The highest BCUT2D eigenvalue weighted by molar-refractivity contribution is 6.47. The van der Waals surface area contributed by atoms with Gasteiger partial charge in [0.2, 0.25) is 0 Å². The molecule has 1 aliphatic rings. The summed E-state index contributed by atoms with van der Waals surface area (Å²) in [6.45, 7) is 5.85. The molecule has 2 aromatic carbocycles. The molecule has 5 nitrogen and oxygen atoms in total. The van der Waals surface area contributed by atoms with E-state index in [4.69, 9.17) is 15.6 Å². The van der Waals surface area contributed by atoms with Crippen LogP contribution < -0.4 is 16.2 Å². The van der Waals surface area contributed by atoms with Gasteiger partial charge in [0.15, 0.2) is 0 Å². The highest BCUT2D eigenvalue weighted by Crippen LogP contribution is 2.21. The van der Waals surface area contributed by atoms with Gasteiger partial charge in [-0.15, -0.1) is 0 Å². The molecule has 0 spiro atoms. The van der Waals surface area contributed by atoms with Gasteiger partial charge in [-0.25, -0.2) is 0 Å². The molecule has 3 rings (SSSR count). The molecular formula is C20H28N4O. The lowest BCUT2D eigenvalue weighted by Crippen LogP contribution is -2.48. The first-order chi connectivity index (χ1) is 11.7. The summed E-state index contributed by atoms with van der Waals surface area (Å²) in [5.41, 5.74) is 1.46. The van der Waals surface area contributed by atoms with Crippen LogP contribution in [0.3, 0.4) is 0 Å². The van der Waals surface area contributed by atoms with Crippen LogP contribution in [0.5, 0.6) is 11.5 Å². The summed E-state index contributed by atoms with van der Waals surface area (Å²) in [6, 6.07) is 16.9. The van der Waals surface area contributed by atoms with Gasteiger partial charge in [-0.1, -0.05) is 38.5 Å². The third-order valence-electron chi connectivity index (χ3n) is 3.58. The minimum Gasteiger partial charge on any atom is -0.457 e. The van der Waals surface area contributed by atoms with E-state index < -0.39 is 0 Å². The zero-order valence-electron chi connectivity index (χ0n) is 15.0. The molecule has 0 amide bonds. The highest BCUT2D eigenvalue weighted by Gasteiger charge is 2.24. The molecule has 6 N–H and O–H groups in total. The summed E-state index contributed by atoms with van der Waals surface area (Å²) in [6.07, 6.45) is 1.25. The first kappa shape index (κ1) is 20.5. The maximum absolute atomic E-state index is 8.10. The summed E-state index contributed by atoms with van der Waals surface area (Å²) < 4.78 is 5.72. The van der Waals surface area contributed by atoms with Crippen molar-refractivity contribution in [2.45, 2.75) is 20.3 Å². The Labute approximate surface area is 150 Å². The van der Waals surface area contributed by atoms with Crippen LogP contribution in [-0.2, 0) is 0 Å². The molecule has 2 aromatic rings.